The van der Waals surface area contributed by atoms with Gasteiger partial charge in [-0.1, -0.05) is 6.07 Å². The predicted octanol–water partition coefficient (Wildman–Crippen LogP) is 2.14. The highest BCUT2D eigenvalue weighted by molar-refractivity contribution is 7.10. The van der Waals surface area contributed by atoms with Crippen molar-refractivity contribution in [3.05, 3.63) is 38.5 Å². The molecule has 2 aromatic rings. The Morgan fingerprint density at radius 1 is 1.45 bits per heavy atom. The maximum absolute atomic E-state index is 11.7. The van der Waals surface area contributed by atoms with Gasteiger partial charge in [0.15, 0.2) is 6.04 Å². The van der Waals surface area contributed by atoms with E-state index in [1.54, 1.807) is 17.5 Å². The summed E-state index contributed by atoms with van der Waals surface area (Å²) in [5.74, 6) is -1.09. The first kappa shape index (κ1) is 14.5. The first-order valence-corrected chi connectivity index (χ1v) is 7.54. The van der Waals surface area contributed by atoms with Crippen molar-refractivity contribution in [2.24, 2.45) is 0 Å². The lowest BCUT2D eigenvalue weighted by Crippen LogP contribution is -2.40. The minimum Gasteiger partial charge on any atom is -0.479 e. The Balaban J connectivity index is 1.90. The van der Waals surface area contributed by atoms with E-state index >= 15 is 0 Å². The van der Waals surface area contributed by atoms with E-state index in [-0.39, 0.29) is 6.54 Å². The van der Waals surface area contributed by atoms with Crippen LogP contribution < -0.4 is 10.6 Å². The number of carbonyl (C=O) groups is 2. The zero-order valence-corrected chi connectivity index (χ0v) is 12.3. The second-order valence-corrected chi connectivity index (χ2v) is 6.01. The third kappa shape index (κ3) is 3.78. The molecule has 0 aliphatic heterocycles. The Bertz CT molecular complexity index is 595. The largest absolute Gasteiger partial charge is 0.479 e. The van der Waals surface area contributed by atoms with E-state index in [9.17, 15) is 9.59 Å². The summed E-state index contributed by atoms with van der Waals surface area (Å²) < 4.78 is 0. The molecule has 106 valence electrons. The molecule has 0 aromatic carbocycles. The average Bonchev–Trinajstić information content (AvgIpc) is 3.04. The highest BCUT2D eigenvalue weighted by Crippen LogP contribution is 2.19. The molecule has 0 aliphatic carbocycles. The number of nitrogens with zero attached hydrogens (tertiary/aromatic N) is 1. The molecule has 0 radical (unpaired) electrons. The van der Waals surface area contributed by atoms with Gasteiger partial charge in [0, 0.05) is 10.3 Å². The fourth-order valence-electron chi connectivity index (χ4n) is 1.55. The van der Waals surface area contributed by atoms with Crippen LogP contribution in [0.4, 0.5) is 4.79 Å². The second-order valence-electron chi connectivity index (χ2n) is 3.97. The maximum Gasteiger partial charge on any atom is 0.331 e. The topological polar surface area (TPSA) is 91.3 Å². The van der Waals surface area contributed by atoms with Gasteiger partial charge in [0.2, 0.25) is 0 Å². The molecule has 3 N–H and O–H groups in total. The molecule has 2 aromatic heterocycles. The number of aromatic nitrogens is 1. The van der Waals surface area contributed by atoms with Gasteiger partial charge in [-0.2, -0.15) is 0 Å². The van der Waals surface area contributed by atoms with Gasteiger partial charge in [-0.25, -0.2) is 14.6 Å². The quantitative estimate of drug-likeness (QED) is 0.789. The highest BCUT2D eigenvalue weighted by atomic mass is 32.1. The van der Waals surface area contributed by atoms with Crippen molar-refractivity contribution in [2.45, 2.75) is 19.5 Å². The lowest BCUT2D eigenvalue weighted by molar-refractivity contribution is -0.139. The smallest absolute Gasteiger partial charge is 0.331 e. The van der Waals surface area contributed by atoms with E-state index in [4.69, 9.17) is 5.11 Å². The molecule has 0 aliphatic rings. The van der Waals surface area contributed by atoms with Gasteiger partial charge in [0.25, 0.3) is 0 Å². The lowest BCUT2D eigenvalue weighted by Gasteiger charge is -2.13. The first-order valence-electron chi connectivity index (χ1n) is 5.78. The summed E-state index contributed by atoms with van der Waals surface area (Å²) in [6, 6.07) is 1.85. The minimum absolute atomic E-state index is 0.271. The molecule has 1 atom stereocenters. The van der Waals surface area contributed by atoms with Crippen molar-refractivity contribution >= 4 is 34.7 Å². The number of aliphatic carboxylic acids is 1. The first-order chi connectivity index (χ1) is 9.56. The Hall–Kier alpha value is -1.93. The molecule has 0 fully saturated rings. The van der Waals surface area contributed by atoms with Crippen LogP contribution in [0.25, 0.3) is 0 Å². The molecular formula is C12H13N3O3S2. The van der Waals surface area contributed by atoms with Gasteiger partial charge >= 0.3 is 12.0 Å². The van der Waals surface area contributed by atoms with E-state index in [0.29, 0.717) is 4.88 Å². The number of thiazole rings is 1. The minimum atomic E-state index is -1.09. The summed E-state index contributed by atoms with van der Waals surface area (Å²) in [5.41, 5.74) is 0.755. The van der Waals surface area contributed by atoms with Gasteiger partial charge < -0.3 is 15.7 Å². The van der Waals surface area contributed by atoms with E-state index in [0.717, 1.165) is 10.7 Å². The van der Waals surface area contributed by atoms with Crippen molar-refractivity contribution in [3.63, 3.8) is 0 Å². The SMILES string of the molecule is Cc1nc(CNC(=O)NC(C(=O)O)c2cccs2)cs1. The van der Waals surface area contributed by atoms with Gasteiger partial charge in [-0.05, 0) is 18.4 Å². The van der Waals surface area contributed by atoms with Crippen LogP contribution in [0, 0.1) is 6.92 Å². The summed E-state index contributed by atoms with van der Waals surface area (Å²) >= 11 is 2.78. The molecule has 6 nitrogen and oxygen atoms in total. The van der Waals surface area contributed by atoms with E-state index in [2.05, 4.69) is 15.6 Å². The van der Waals surface area contributed by atoms with Crippen LogP contribution in [0.1, 0.15) is 21.6 Å². The number of carboxylic acids is 1. The standard InChI is InChI=1S/C12H13N3O3S2/c1-7-14-8(6-20-7)5-13-12(18)15-10(11(16)17)9-3-2-4-19-9/h2-4,6,10H,5H2,1H3,(H,16,17)(H2,13,15,18). The van der Waals surface area contributed by atoms with Gasteiger partial charge in [0.05, 0.1) is 17.2 Å². The molecule has 0 saturated heterocycles. The third-order valence-corrected chi connectivity index (χ3v) is 4.21. The Morgan fingerprint density at radius 3 is 2.80 bits per heavy atom. The summed E-state index contributed by atoms with van der Waals surface area (Å²) in [5, 5.41) is 18.7. The maximum atomic E-state index is 11.7. The van der Waals surface area contributed by atoms with E-state index in [1.807, 2.05) is 12.3 Å². The number of thiophene rings is 1. The molecule has 8 heteroatoms. The van der Waals surface area contributed by atoms with Gasteiger partial charge in [-0.3, -0.25) is 0 Å². The Kier molecular flexibility index (Phi) is 4.70. The summed E-state index contributed by atoms with van der Waals surface area (Å²) in [7, 11) is 0. The molecule has 1 unspecified atom stereocenters. The number of carboxylic acid groups (broad SMARTS) is 1. The van der Waals surface area contributed by atoms with Crippen LogP contribution in [-0.2, 0) is 11.3 Å². The zero-order valence-electron chi connectivity index (χ0n) is 10.6. The molecule has 20 heavy (non-hydrogen) atoms. The van der Waals surface area contributed by atoms with Crippen LogP contribution >= 0.6 is 22.7 Å². The normalized spacial score (nSPS) is 11.8. The number of amides is 2. The monoisotopic (exact) mass is 311 g/mol. The number of carbonyl (C=O) groups excluding carboxylic acids is 1. The Labute approximate surface area is 123 Å². The number of urea groups is 1. The van der Waals surface area contributed by atoms with Crippen LogP contribution in [0.5, 0.6) is 0 Å². The summed E-state index contributed by atoms with van der Waals surface area (Å²) in [6.07, 6.45) is 0. The van der Waals surface area contributed by atoms with Crippen LogP contribution in [0.3, 0.4) is 0 Å². The third-order valence-electron chi connectivity index (χ3n) is 2.45. The van der Waals surface area contributed by atoms with Gasteiger partial charge in [-0.15, -0.1) is 22.7 Å². The van der Waals surface area contributed by atoms with Crippen molar-refractivity contribution in [1.82, 2.24) is 15.6 Å². The number of hydrogen-bond donors (Lipinski definition) is 3. The molecule has 0 saturated carbocycles. The van der Waals surface area contributed by atoms with Gasteiger partial charge in [0.1, 0.15) is 0 Å². The number of nitrogens with one attached hydrogen (secondary N) is 2. The summed E-state index contributed by atoms with van der Waals surface area (Å²) in [4.78, 5) is 27.7. The molecule has 2 amide bonds. The number of hydrogen-bond acceptors (Lipinski definition) is 5. The van der Waals surface area contributed by atoms with E-state index in [1.165, 1.54) is 22.7 Å². The van der Waals surface area contributed by atoms with Crippen molar-refractivity contribution < 1.29 is 14.7 Å². The zero-order chi connectivity index (χ0) is 14.5. The Morgan fingerprint density at radius 2 is 2.25 bits per heavy atom. The average molecular weight is 311 g/mol. The molecule has 0 spiro atoms. The highest BCUT2D eigenvalue weighted by Gasteiger charge is 2.22. The molecular weight excluding hydrogens is 298 g/mol. The van der Waals surface area contributed by atoms with Crippen LogP contribution in [0.2, 0.25) is 0 Å². The fourth-order valence-corrected chi connectivity index (χ4v) is 2.93. The summed E-state index contributed by atoms with van der Waals surface area (Å²) in [6.45, 7) is 2.15. The van der Waals surface area contributed by atoms with Crippen LogP contribution in [0.15, 0.2) is 22.9 Å². The molecule has 0 bridgehead atoms. The molecule has 2 heterocycles. The number of rotatable bonds is 5. The number of aryl methyl sites for hydroxylation is 1. The predicted molar refractivity (Wildman–Crippen MR) is 76.9 cm³/mol. The van der Waals surface area contributed by atoms with Crippen molar-refractivity contribution in [2.75, 3.05) is 0 Å². The second kappa shape index (κ2) is 6.49. The fraction of sp³-hybridized carbons (Fsp3) is 0.250. The lowest BCUT2D eigenvalue weighted by atomic mass is 10.2. The van der Waals surface area contributed by atoms with E-state index < -0.39 is 18.0 Å². The molecule has 2 rings (SSSR count). The van der Waals surface area contributed by atoms with Crippen molar-refractivity contribution in [3.8, 4) is 0 Å². The van der Waals surface area contributed by atoms with Crippen LogP contribution in [-0.4, -0.2) is 22.1 Å². The van der Waals surface area contributed by atoms with Crippen molar-refractivity contribution in [1.29, 1.82) is 0 Å².